The number of nitrogens with zero attached hydrogens (tertiary/aromatic N) is 1. The molecule has 0 amide bonds. The van der Waals surface area contributed by atoms with Gasteiger partial charge in [0.05, 0.1) is 4.90 Å². The lowest BCUT2D eigenvalue weighted by molar-refractivity contribution is 0.145. The summed E-state index contributed by atoms with van der Waals surface area (Å²) in [4.78, 5) is 3.06. The Morgan fingerprint density at radius 3 is 2.58 bits per heavy atom. The molecule has 2 fully saturated rings. The van der Waals surface area contributed by atoms with Gasteiger partial charge in [-0.1, -0.05) is 6.07 Å². The van der Waals surface area contributed by atoms with Crippen LogP contribution < -0.4 is 4.72 Å². The molecule has 0 bridgehead atoms. The second-order valence-corrected chi connectivity index (χ2v) is 10.9. The van der Waals surface area contributed by atoms with Crippen LogP contribution in [0, 0.1) is 5.92 Å². The van der Waals surface area contributed by atoms with E-state index in [0.29, 0.717) is 17.4 Å². The van der Waals surface area contributed by atoms with Gasteiger partial charge in [0.25, 0.3) is 0 Å². The molecular formula is C20H30N2O2S2. The summed E-state index contributed by atoms with van der Waals surface area (Å²) >= 11 is 2.06. The molecule has 1 aliphatic carbocycles. The lowest BCUT2D eigenvalue weighted by Crippen LogP contribution is -2.43. The maximum Gasteiger partial charge on any atom is 0.240 e. The van der Waals surface area contributed by atoms with Crippen molar-refractivity contribution < 1.29 is 8.42 Å². The van der Waals surface area contributed by atoms with Gasteiger partial charge in [0.2, 0.25) is 10.0 Å². The van der Waals surface area contributed by atoms with Gasteiger partial charge in [-0.3, -0.25) is 4.90 Å². The maximum atomic E-state index is 12.7. The van der Waals surface area contributed by atoms with Gasteiger partial charge in [-0.2, -0.15) is 11.8 Å². The number of nitrogens with one attached hydrogen (secondary N) is 1. The predicted octanol–water partition coefficient (Wildman–Crippen LogP) is 3.06. The minimum Gasteiger partial charge on any atom is -0.300 e. The Labute approximate surface area is 162 Å². The van der Waals surface area contributed by atoms with Gasteiger partial charge >= 0.3 is 0 Å². The minimum absolute atomic E-state index is 0.443. The Morgan fingerprint density at radius 1 is 1.08 bits per heavy atom. The third kappa shape index (κ3) is 4.29. The molecule has 0 spiro atoms. The van der Waals surface area contributed by atoms with Gasteiger partial charge < -0.3 is 0 Å². The fraction of sp³-hybridized carbons (Fsp3) is 0.700. The van der Waals surface area contributed by atoms with E-state index in [2.05, 4.69) is 21.4 Å². The van der Waals surface area contributed by atoms with Crippen molar-refractivity contribution >= 4 is 21.8 Å². The number of likely N-dealkylation sites (tertiary alicyclic amines) is 1. The van der Waals surface area contributed by atoms with E-state index in [9.17, 15) is 8.42 Å². The number of aryl methyl sites for hydroxylation is 2. The first kappa shape index (κ1) is 18.8. The van der Waals surface area contributed by atoms with Gasteiger partial charge in [-0.25, -0.2) is 13.1 Å². The number of thioether (sulfide) groups is 1. The lowest BCUT2D eigenvalue weighted by atomic mass is 9.92. The zero-order chi connectivity index (χ0) is 18.0. The predicted molar refractivity (Wildman–Crippen MR) is 108 cm³/mol. The molecule has 2 heterocycles. The summed E-state index contributed by atoms with van der Waals surface area (Å²) in [6, 6.07) is 6.46. The number of hydrogen-bond acceptors (Lipinski definition) is 4. The average molecular weight is 395 g/mol. The molecule has 144 valence electrons. The van der Waals surface area contributed by atoms with E-state index in [4.69, 9.17) is 0 Å². The number of piperidine rings is 1. The SMILES string of the molecule is O=S(=O)(NCC1CCN(C2CCSC2)CC1)c1ccc2c(c1)CCCC2. The van der Waals surface area contributed by atoms with Crippen molar-refractivity contribution in [3.8, 4) is 0 Å². The highest BCUT2D eigenvalue weighted by molar-refractivity contribution is 7.99. The highest BCUT2D eigenvalue weighted by atomic mass is 32.2. The normalized spacial score (nSPS) is 25.3. The van der Waals surface area contributed by atoms with Crippen molar-refractivity contribution in [2.45, 2.75) is 55.9 Å². The number of fused-ring (bicyclic) bond motifs is 1. The molecule has 4 rings (SSSR count). The topological polar surface area (TPSA) is 49.4 Å². The zero-order valence-electron chi connectivity index (χ0n) is 15.5. The fourth-order valence-corrected chi connectivity index (χ4v) is 6.94. The Morgan fingerprint density at radius 2 is 1.85 bits per heavy atom. The summed E-state index contributed by atoms with van der Waals surface area (Å²) in [6.07, 6.45) is 8.01. The van der Waals surface area contributed by atoms with Crippen molar-refractivity contribution in [1.29, 1.82) is 0 Å². The van der Waals surface area contributed by atoms with Gasteiger partial charge in [0.1, 0.15) is 0 Å². The molecule has 1 aromatic rings. The van der Waals surface area contributed by atoms with Crippen molar-refractivity contribution in [1.82, 2.24) is 9.62 Å². The Bertz CT molecular complexity index is 721. The number of sulfonamides is 1. The van der Waals surface area contributed by atoms with Crippen LogP contribution in [-0.2, 0) is 22.9 Å². The number of rotatable bonds is 5. The summed E-state index contributed by atoms with van der Waals surface area (Å²) < 4.78 is 28.3. The molecule has 0 radical (unpaired) electrons. The van der Waals surface area contributed by atoms with Gasteiger partial charge in [0.15, 0.2) is 0 Å². The Kier molecular flexibility index (Phi) is 5.93. The molecule has 6 heteroatoms. The third-order valence-corrected chi connectivity index (χ3v) is 8.83. The zero-order valence-corrected chi connectivity index (χ0v) is 17.1. The molecule has 2 aliphatic heterocycles. The van der Waals surface area contributed by atoms with Crippen molar-refractivity contribution in [2.24, 2.45) is 5.92 Å². The van der Waals surface area contributed by atoms with Crippen molar-refractivity contribution in [2.75, 3.05) is 31.1 Å². The van der Waals surface area contributed by atoms with E-state index in [0.717, 1.165) is 44.8 Å². The monoisotopic (exact) mass is 394 g/mol. The van der Waals surface area contributed by atoms with Crippen LogP contribution in [0.2, 0.25) is 0 Å². The highest BCUT2D eigenvalue weighted by Crippen LogP contribution is 2.27. The molecule has 26 heavy (non-hydrogen) atoms. The Balaban J connectivity index is 1.31. The smallest absolute Gasteiger partial charge is 0.240 e. The van der Waals surface area contributed by atoms with Crippen LogP contribution in [0.5, 0.6) is 0 Å². The highest BCUT2D eigenvalue weighted by Gasteiger charge is 2.28. The van der Waals surface area contributed by atoms with Crippen LogP contribution in [0.3, 0.4) is 0 Å². The van der Waals surface area contributed by atoms with Crippen LogP contribution in [0.1, 0.15) is 43.2 Å². The minimum atomic E-state index is -3.39. The van der Waals surface area contributed by atoms with Gasteiger partial charge in [-0.05, 0) is 93.0 Å². The summed E-state index contributed by atoms with van der Waals surface area (Å²) in [6.45, 7) is 2.82. The molecule has 2 saturated heterocycles. The first-order valence-electron chi connectivity index (χ1n) is 10.0. The molecule has 0 aromatic heterocycles. The summed E-state index contributed by atoms with van der Waals surface area (Å²) in [5.41, 5.74) is 2.55. The molecule has 0 saturated carbocycles. The number of hydrogen-bond donors (Lipinski definition) is 1. The van der Waals surface area contributed by atoms with E-state index < -0.39 is 10.0 Å². The van der Waals surface area contributed by atoms with Crippen LogP contribution in [-0.4, -0.2) is 50.5 Å². The van der Waals surface area contributed by atoms with Crippen LogP contribution in [0.4, 0.5) is 0 Å². The van der Waals surface area contributed by atoms with E-state index >= 15 is 0 Å². The molecule has 3 aliphatic rings. The standard InChI is InChI=1S/C20H30N2O2S2/c23-26(24,20-6-5-17-3-1-2-4-18(17)13-20)21-14-16-7-10-22(11-8-16)19-9-12-25-15-19/h5-6,13,16,19,21H,1-4,7-12,14-15H2. The molecule has 1 atom stereocenters. The second-order valence-electron chi connectivity index (χ2n) is 7.99. The number of benzene rings is 1. The van der Waals surface area contributed by atoms with E-state index in [1.165, 1.54) is 41.9 Å². The first-order valence-corrected chi connectivity index (χ1v) is 12.7. The maximum absolute atomic E-state index is 12.7. The van der Waals surface area contributed by atoms with E-state index in [1.54, 1.807) is 6.07 Å². The molecule has 1 aromatic carbocycles. The molecular weight excluding hydrogens is 364 g/mol. The molecule has 1 N–H and O–H groups in total. The van der Waals surface area contributed by atoms with E-state index in [-0.39, 0.29) is 0 Å². The first-order chi connectivity index (χ1) is 12.6. The fourth-order valence-electron chi connectivity index (χ4n) is 4.52. The third-order valence-electron chi connectivity index (χ3n) is 6.26. The Hall–Kier alpha value is -0.560. The van der Waals surface area contributed by atoms with Gasteiger partial charge in [-0.15, -0.1) is 0 Å². The van der Waals surface area contributed by atoms with Gasteiger partial charge in [0, 0.05) is 18.3 Å². The summed E-state index contributed by atoms with van der Waals surface area (Å²) in [7, 11) is -3.39. The van der Waals surface area contributed by atoms with Crippen LogP contribution in [0.25, 0.3) is 0 Å². The lowest BCUT2D eigenvalue weighted by Gasteiger charge is -2.35. The molecule has 4 nitrogen and oxygen atoms in total. The summed E-state index contributed by atoms with van der Waals surface area (Å²) in [5, 5.41) is 0. The van der Waals surface area contributed by atoms with Crippen LogP contribution >= 0.6 is 11.8 Å². The summed E-state index contributed by atoms with van der Waals surface area (Å²) in [5.74, 6) is 3.04. The van der Waals surface area contributed by atoms with Crippen molar-refractivity contribution in [3.05, 3.63) is 29.3 Å². The van der Waals surface area contributed by atoms with E-state index in [1.807, 2.05) is 12.1 Å². The largest absolute Gasteiger partial charge is 0.300 e. The second kappa shape index (κ2) is 8.21. The molecule has 1 unspecified atom stereocenters. The van der Waals surface area contributed by atoms with Crippen molar-refractivity contribution in [3.63, 3.8) is 0 Å². The average Bonchev–Trinajstić information content (AvgIpc) is 3.21. The van der Waals surface area contributed by atoms with Crippen LogP contribution in [0.15, 0.2) is 23.1 Å². The quantitative estimate of drug-likeness (QED) is 0.834.